The standard InChI is InChI=1S/C46H54N4O9/c1-5-23(3)45(56)58-35-19-32-41(55)39-34(54)18-29(21-51)57-43(39)40-38-30-13-14-49-44(47)37(30)26(9-8-25-10-11-28(53)17-31(25)33(38)22-52)16-27(46(35,4)59-42(32)40)15-24-7-12-36(48-6-2)50-20-24/h5,7,10-13,17-18,20,26-27,33,35-36,38,48-53,55H,6,8-9,14-16,19,21-22,47H2,1-4H3. The molecular formula is C46H54N4O9. The molecule has 0 fully saturated rings. The molecule has 5 aliphatic rings. The molecule has 5 heterocycles. The maximum atomic E-state index is 14.1. The van der Waals surface area contributed by atoms with Gasteiger partial charge in [-0.15, -0.1) is 0 Å². The van der Waals surface area contributed by atoms with Crippen LogP contribution in [0.3, 0.4) is 0 Å². The third kappa shape index (κ3) is 6.98. The second-order valence-electron chi connectivity index (χ2n) is 16.5. The lowest BCUT2D eigenvalue weighted by Gasteiger charge is -2.50. The lowest BCUT2D eigenvalue weighted by Crippen LogP contribution is -2.57. The molecule has 9 N–H and O–H groups in total. The van der Waals surface area contributed by atoms with Crippen LogP contribution in [0, 0.1) is 11.8 Å². The van der Waals surface area contributed by atoms with Crippen LogP contribution in [0.1, 0.15) is 86.8 Å². The fourth-order valence-electron chi connectivity index (χ4n) is 10.0. The topological polar surface area (TPSA) is 209 Å². The summed E-state index contributed by atoms with van der Waals surface area (Å²) in [4.78, 5) is 27.9. The SMILES string of the molecule is CC=C(C)C(=O)OC1Cc2c3c(c4oc(CO)cc(=O)c4c2O)C2C4=CCNC(N)=C4C(CCc4ccc(O)cc4C2CO)CC(CC2=CNC(NCC)C=C2)C1(C)O3. The Hall–Kier alpha value is -5.50. The highest BCUT2D eigenvalue weighted by molar-refractivity contribution is 5.92. The van der Waals surface area contributed by atoms with Gasteiger partial charge in [0.05, 0.1) is 12.8 Å². The van der Waals surface area contributed by atoms with Crippen molar-refractivity contribution in [2.24, 2.45) is 17.6 Å². The molecule has 1 aliphatic carbocycles. The largest absolute Gasteiger partial charge is 0.508 e. The minimum Gasteiger partial charge on any atom is -0.508 e. The third-order valence-corrected chi connectivity index (χ3v) is 13.2. The molecule has 7 atom stereocenters. The highest BCUT2D eigenvalue weighted by atomic mass is 16.6. The van der Waals surface area contributed by atoms with E-state index in [0.717, 1.165) is 34.9 Å². The first-order valence-corrected chi connectivity index (χ1v) is 20.6. The summed E-state index contributed by atoms with van der Waals surface area (Å²) in [6, 6.07) is 6.38. The number of nitrogens with one attached hydrogen (secondary N) is 3. The lowest BCUT2D eigenvalue weighted by atomic mass is 9.65. The normalized spacial score (nSPS) is 27.5. The minimum absolute atomic E-state index is 0.000650. The summed E-state index contributed by atoms with van der Waals surface area (Å²) < 4.78 is 20.3. The number of aliphatic hydroxyl groups is 2. The zero-order chi connectivity index (χ0) is 41.7. The number of esters is 1. The van der Waals surface area contributed by atoms with E-state index < -0.39 is 41.5 Å². The molecule has 0 amide bonds. The zero-order valence-electron chi connectivity index (χ0n) is 33.9. The van der Waals surface area contributed by atoms with E-state index in [1.54, 1.807) is 32.1 Å². The van der Waals surface area contributed by atoms with Gasteiger partial charge in [-0.3, -0.25) is 10.1 Å². The summed E-state index contributed by atoms with van der Waals surface area (Å²) in [5, 5.41) is 55.3. The van der Waals surface area contributed by atoms with Crippen molar-refractivity contribution in [3.05, 3.63) is 121 Å². The summed E-state index contributed by atoms with van der Waals surface area (Å²) in [5.74, 6) is -2.22. The summed E-state index contributed by atoms with van der Waals surface area (Å²) in [6.07, 6.45) is 11.2. The molecule has 13 nitrogen and oxygen atoms in total. The number of benzene rings is 2. The molecule has 312 valence electrons. The van der Waals surface area contributed by atoms with Crippen LogP contribution in [-0.4, -0.2) is 64.0 Å². The molecule has 4 bridgehead atoms. The van der Waals surface area contributed by atoms with Crippen LogP contribution in [-0.2, 0) is 29.0 Å². The number of dihydropyridines is 2. The lowest BCUT2D eigenvalue weighted by molar-refractivity contribution is -0.165. The molecule has 0 saturated carbocycles. The smallest absolute Gasteiger partial charge is 0.333 e. The number of aryl methyl sites for hydroxylation is 1. The number of fused-ring (bicyclic) bond motifs is 5. The van der Waals surface area contributed by atoms with Crippen molar-refractivity contribution < 1.29 is 39.1 Å². The van der Waals surface area contributed by atoms with Gasteiger partial charge in [0.25, 0.3) is 0 Å². The number of phenolic OH excluding ortho intramolecular Hbond substituents is 2. The van der Waals surface area contributed by atoms with Gasteiger partial charge in [-0.25, -0.2) is 4.79 Å². The van der Waals surface area contributed by atoms with Gasteiger partial charge in [-0.2, -0.15) is 0 Å². The Balaban J connectivity index is 1.48. The predicted molar refractivity (Wildman–Crippen MR) is 222 cm³/mol. The number of hydrogen-bond donors (Lipinski definition) is 8. The fraction of sp³-hybridized carbons (Fsp3) is 0.435. The maximum Gasteiger partial charge on any atom is 0.333 e. The van der Waals surface area contributed by atoms with Crippen LogP contribution in [0.15, 0.2) is 92.1 Å². The van der Waals surface area contributed by atoms with Crippen molar-refractivity contribution >= 4 is 16.9 Å². The number of phenols is 2. The Kier molecular flexibility index (Phi) is 10.9. The first-order valence-electron chi connectivity index (χ1n) is 20.6. The van der Waals surface area contributed by atoms with Crippen LogP contribution in [0.5, 0.6) is 17.2 Å². The van der Waals surface area contributed by atoms with E-state index in [1.807, 2.05) is 26.1 Å². The molecule has 13 heteroatoms. The predicted octanol–water partition coefficient (Wildman–Crippen LogP) is 4.78. The van der Waals surface area contributed by atoms with E-state index >= 15 is 0 Å². The number of likely N-dealkylation sites (N-methyl/N-ethyl adjacent to an activating group) is 1. The number of carbonyl (C=O) groups excluding carboxylic acids is 1. The van der Waals surface area contributed by atoms with Gasteiger partial charge in [0, 0.05) is 59.7 Å². The van der Waals surface area contributed by atoms with Crippen molar-refractivity contribution in [1.82, 2.24) is 16.0 Å². The number of nitrogens with two attached hydrogens (primary N) is 1. The molecule has 2 aromatic carbocycles. The summed E-state index contributed by atoms with van der Waals surface area (Å²) >= 11 is 0. The van der Waals surface area contributed by atoms with E-state index in [1.165, 1.54) is 0 Å². The molecule has 8 rings (SSSR count). The second-order valence-corrected chi connectivity index (χ2v) is 16.5. The van der Waals surface area contributed by atoms with E-state index in [-0.39, 0.29) is 70.6 Å². The van der Waals surface area contributed by atoms with Crippen LogP contribution in [0.25, 0.3) is 11.0 Å². The Bertz CT molecular complexity index is 2410. The first kappa shape index (κ1) is 40.3. The number of aromatic hydroxyl groups is 2. The van der Waals surface area contributed by atoms with Gasteiger partial charge in [-0.05, 0) is 105 Å². The molecular weight excluding hydrogens is 753 g/mol. The van der Waals surface area contributed by atoms with Crippen molar-refractivity contribution in [2.75, 3.05) is 19.7 Å². The highest BCUT2D eigenvalue weighted by Gasteiger charge is 2.54. The summed E-state index contributed by atoms with van der Waals surface area (Å²) in [6.45, 7) is 7.64. The van der Waals surface area contributed by atoms with Crippen molar-refractivity contribution in [3.63, 3.8) is 0 Å². The molecule has 0 spiro atoms. The molecule has 4 aliphatic heterocycles. The monoisotopic (exact) mass is 806 g/mol. The van der Waals surface area contributed by atoms with Crippen molar-refractivity contribution in [2.45, 2.75) is 96.1 Å². The number of allylic oxidation sites excluding steroid dienone is 5. The average Bonchev–Trinajstić information content (AvgIpc) is 3.27. The van der Waals surface area contributed by atoms with Crippen LogP contribution >= 0.6 is 0 Å². The van der Waals surface area contributed by atoms with E-state index in [9.17, 15) is 30.0 Å². The Morgan fingerprint density at radius 1 is 1.20 bits per heavy atom. The average molecular weight is 807 g/mol. The summed E-state index contributed by atoms with van der Waals surface area (Å²) in [7, 11) is 0. The Morgan fingerprint density at radius 2 is 2.02 bits per heavy atom. The Morgan fingerprint density at radius 3 is 2.73 bits per heavy atom. The number of aliphatic hydroxyl groups excluding tert-OH is 2. The van der Waals surface area contributed by atoms with E-state index in [4.69, 9.17) is 19.6 Å². The van der Waals surface area contributed by atoms with Gasteiger partial charge in [0.2, 0.25) is 0 Å². The van der Waals surface area contributed by atoms with Gasteiger partial charge in [0.15, 0.2) is 5.43 Å². The van der Waals surface area contributed by atoms with E-state index in [2.05, 4.69) is 34.2 Å². The first-order chi connectivity index (χ1) is 28.4. The number of hydrogen-bond acceptors (Lipinski definition) is 13. The van der Waals surface area contributed by atoms with E-state index in [0.29, 0.717) is 54.7 Å². The molecule has 7 unspecified atom stereocenters. The fourth-order valence-corrected chi connectivity index (χ4v) is 10.0. The third-order valence-electron chi connectivity index (χ3n) is 13.2. The van der Waals surface area contributed by atoms with Gasteiger partial charge in [-0.1, -0.05) is 31.2 Å². The van der Waals surface area contributed by atoms with Crippen molar-refractivity contribution in [1.29, 1.82) is 0 Å². The minimum atomic E-state index is -1.25. The maximum absolute atomic E-state index is 14.1. The molecule has 0 radical (unpaired) electrons. The van der Waals surface area contributed by atoms with Gasteiger partial charge in [0.1, 0.15) is 58.1 Å². The highest BCUT2D eigenvalue weighted by Crippen LogP contribution is 2.59. The number of rotatable bonds is 8. The van der Waals surface area contributed by atoms with Crippen LogP contribution in [0.2, 0.25) is 0 Å². The molecule has 3 aromatic rings. The molecule has 0 saturated heterocycles. The van der Waals surface area contributed by atoms with Crippen LogP contribution in [0.4, 0.5) is 0 Å². The Labute approximate surface area is 343 Å². The van der Waals surface area contributed by atoms with Gasteiger partial charge < -0.3 is 50.7 Å². The quantitative estimate of drug-likeness (QED) is 0.114. The van der Waals surface area contributed by atoms with Crippen molar-refractivity contribution in [3.8, 4) is 17.2 Å². The number of carbonyl (C=O) groups is 1. The van der Waals surface area contributed by atoms with Gasteiger partial charge >= 0.3 is 5.97 Å². The second kappa shape index (κ2) is 15.9. The molecule has 59 heavy (non-hydrogen) atoms. The summed E-state index contributed by atoms with van der Waals surface area (Å²) in [5.41, 5.74) is 10.6. The molecule has 1 aromatic heterocycles. The zero-order valence-corrected chi connectivity index (χ0v) is 33.9. The number of ether oxygens (including phenoxy) is 2. The van der Waals surface area contributed by atoms with Crippen LogP contribution < -0.4 is 31.8 Å².